The van der Waals surface area contributed by atoms with E-state index in [1.807, 2.05) is 20.8 Å². The standard InChI is InChI=1S/C10H16F2N2O/c1-9(2,3)14-7-5-10(11,12)4-6(7)13-8(14)15/h6-7H,4-5H2,1-3H3,(H,13,15). The molecule has 1 saturated heterocycles. The molecule has 86 valence electrons. The van der Waals surface area contributed by atoms with Crippen LogP contribution in [0.3, 0.4) is 0 Å². The first-order chi connectivity index (χ1) is 6.71. The second kappa shape index (κ2) is 2.83. The van der Waals surface area contributed by atoms with E-state index in [0.717, 1.165) is 0 Å². The molecule has 0 radical (unpaired) electrons. The molecule has 0 bridgehead atoms. The van der Waals surface area contributed by atoms with E-state index in [0.29, 0.717) is 0 Å². The fourth-order valence-corrected chi connectivity index (χ4v) is 2.59. The summed E-state index contributed by atoms with van der Waals surface area (Å²) in [4.78, 5) is 13.2. The lowest BCUT2D eigenvalue weighted by Gasteiger charge is -2.35. The van der Waals surface area contributed by atoms with Crippen molar-refractivity contribution in [3.8, 4) is 0 Å². The first-order valence-electron chi connectivity index (χ1n) is 5.18. The quantitative estimate of drug-likeness (QED) is 0.662. The van der Waals surface area contributed by atoms with Crippen molar-refractivity contribution < 1.29 is 13.6 Å². The van der Waals surface area contributed by atoms with Crippen molar-refractivity contribution >= 4 is 6.03 Å². The highest BCUT2D eigenvalue weighted by molar-refractivity contribution is 5.78. The molecule has 1 N–H and O–H groups in total. The molecular formula is C10H16F2N2O. The van der Waals surface area contributed by atoms with Gasteiger partial charge in [-0.2, -0.15) is 0 Å². The summed E-state index contributed by atoms with van der Waals surface area (Å²) in [5.74, 6) is -2.63. The molecule has 2 aliphatic rings. The first kappa shape index (κ1) is 10.6. The van der Waals surface area contributed by atoms with Crippen molar-refractivity contribution in [2.45, 2.75) is 57.2 Å². The molecule has 15 heavy (non-hydrogen) atoms. The molecule has 3 nitrogen and oxygen atoms in total. The Morgan fingerprint density at radius 2 is 2.00 bits per heavy atom. The molecule has 1 aliphatic carbocycles. The highest BCUT2D eigenvalue weighted by atomic mass is 19.3. The maximum atomic E-state index is 13.2. The first-order valence-corrected chi connectivity index (χ1v) is 5.18. The molecule has 0 aromatic rings. The number of hydrogen-bond acceptors (Lipinski definition) is 1. The number of hydrogen-bond donors (Lipinski definition) is 1. The topological polar surface area (TPSA) is 32.3 Å². The average Bonchev–Trinajstić information content (AvgIpc) is 2.34. The van der Waals surface area contributed by atoms with Crippen molar-refractivity contribution in [3.05, 3.63) is 0 Å². The smallest absolute Gasteiger partial charge is 0.318 e. The van der Waals surface area contributed by atoms with Crippen LogP contribution in [-0.2, 0) is 0 Å². The monoisotopic (exact) mass is 218 g/mol. The second-order valence-electron chi connectivity index (χ2n) is 5.43. The molecule has 0 spiro atoms. The predicted octanol–water partition coefficient (Wildman–Crippen LogP) is 1.98. The van der Waals surface area contributed by atoms with Gasteiger partial charge in [0.25, 0.3) is 5.92 Å². The van der Waals surface area contributed by atoms with E-state index in [4.69, 9.17) is 0 Å². The van der Waals surface area contributed by atoms with E-state index in [1.165, 1.54) is 0 Å². The van der Waals surface area contributed by atoms with Gasteiger partial charge in [-0.15, -0.1) is 0 Å². The van der Waals surface area contributed by atoms with Crippen molar-refractivity contribution in [3.63, 3.8) is 0 Å². The lowest BCUT2D eigenvalue weighted by molar-refractivity contribution is -0.00354. The molecule has 0 aromatic carbocycles. The molecule has 1 aliphatic heterocycles. The maximum Gasteiger partial charge on any atom is 0.318 e. The summed E-state index contributed by atoms with van der Waals surface area (Å²) >= 11 is 0. The zero-order valence-electron chi connectivity index (χ0n) is 9.18. The fraction of sp³-hybridized carbons (Fsp3) is 0.900. The Hall–Kier alpha value is -0.870. The minimum atomic E-state index is -2.63. The summed E-state index contributed by atoms with van der Waals surface area (Å²) < 4.78 is 26.4. The van der Waals surface area contributed by atoms with E-state index in [1.54, 1.807) is 4.90 Å². The number of halogens is 2. The van der Waals surface area contributed by atoms with Gasteiger partial charge in [-0.05, 0) is 20.8 Å². The second-order valence-corrected chi connectivity index (χ2v) is 5.43. The van der Waals surface area contributed by atoms with Crippen LogP contribution in [0.4, 0.5) is 13.6 Å². The van der Waals surface area contributed by atoms with Gasteiger partial charge in [0.1, 0.15) is 0 Å². The Balaban J connectivity index is 2.23. The van der Waals surface area contributed by atoms with Crippen LogP contribution >= 0.6 is 0 Å². The van der Waals surface area contributed by atoms with Crippen LogP contribution in [0.5, 0.6) is 0 Å². The third-order valence-electron chi connectivity index (χ3n) is 3.07. The molecule has 2 rings (SSSR count). The minimum Gasteiger partial charge on any atom is -0.333 e. The lowest BCUT2D eigenvalue weighted by atomic mass is 10.0. The molecular weight excluding hydrogens is 202 g/mol. The van der Waals surface area contributed by atoms with Gasteiger partial charge >= 0.3 is 6.03 Å². The summed E-state index contributed by atoms with van der Waals surface area (Å²) in [6.45, 7) is 5.60. The van der Waals surface area contributed by atoms with Gasteiger partial charge in [-0.1, -0.05) is 0 Å². The van der Waals surface area contributed by atoms with Gasteiger partial charge in [0, 0.05) is 18.4 Å². The van der Waals surface area contributed by atoms with Gasteiger partial charge < -0.3 is 10.2 Å². The molecule has 0 aromatic heterocycles. The SMILES string of the molecule is CC(C)(C)N1C(=O)NC2CC(F)(F)CC21. The van der Waals surface area contributed by atoms with Crippen molar-refractivity contribution in [2.75, 3.05) is 0 Å². The number of urea groups is 1. The molecule has 2 unspecified atom stereocenters. The van der Waals surface area contributed by atoms with Crippen LogP contribution in [0.1, 0.15) is 33.6 Å². The van der Waals surface area contributed by atoms with E-state index < -0.39 is 11.5 Å². The number of carbonyl (C=O) groups is 1. The van der Waals surface area contributed by atoms with Crippen molar-refractivity contribution in [1.82, 2.24) is 10.2 Å². The van der Waals surface area contributed by atoms with Gasteiger partial charge in [0.2, 0.25) is 0 Å². The largest absolute Gasteiger partial charge is 0.333 e. The summed E-state index contributed by atoms with van der Waals surface area (Å²) in [6, 6.07) is -0.952. The van der Waals surface area contributed by atoms with Gasteiger partial charge in [-0.25, -0.2) is 13.6 Å². The van der Waals surface area contributed by atoms with Gasteiger partial charge in [-0.3, -0.25) is 0 Å². The van der Waals surface area contributed by atoms with Crippen LogP contribution < -0.4 is 5.32 Å². The zero-order valence-corrected chi connectivity index (χ0v) is 9.18. The molecule has 1 heterocycles. The van der Waals surface area contributed by atoms with E-state index in [-0.39, 0.29) is 31.0 Å². The number of fused-ring (bicyclic) bond motifs is 1. The normalized spacial score (nSPS) is 34.2. The van der Waals surface area contributed by atoms with Gasteiger partial charge in [0.05, 0.1) is 12.1 Å². The molecule has 5 heteroatoms. The minimum absolute atomic E-state index is 0.215. The highest BCUT2D eigenvalue weighted by Crippen LogP contribution is 2.42. The third kappa shape index (κ3) is 1.68. The number of nitrogens with one attached hydrogen (secondary N) is 1. The summed E-state index contributed by atoms with van der Waals surface area (Å²) in [5, 5.41) is 2.64. The van der Waals surface area contributed by atoms with Crippen LogP contribution in [0.25, 0.3) is 0 Å². The average molecular weight is 218 g/mol. The van der Waals surface area contributed by atoms with Crippen LogP contribution in [0.2, 0.25) is 0 Å². The third-order valence-corrected chi connectivity index (χ3v) is 3.07. The van der Waals surface area contributed by atoms with E-state index >= 15 is 0 Å². The van der Waals surface area contributed by atoms with Gasteiger partial charge in [0.15, 0.2) is 0 Å². The Morgan fingerprint density at radius 3 is 2.53 bits per heavy atom. The van der Waals surface area contributed by atoms with Crippen molar-refractivity contribution in [2.24, 2.45) is 0 Å². The summed E-state index contributed by atoms with van der Waals surface area (Å²) in [5.41, 5.74) is -0.399. The highest BCUT2D eigenvalue weighted by Gasteiger charge is 2.56. The predicted molar refractivity (Wildman–Crippen MR) is 51.9 cm³/mol. The van der Waals surface area contributed by atoms with E-state index in [2.05, 4.69) is 5.32 Å². The summed E-state index contributed by atoms with van der Waals surface area (Å²) in [6.07, 6.45) is -0.441. The number of amides is 2. The number of alkyl halides is 2. The van der Waals surface area contributed by atoms with Crippen LogP contribution in [0.15, 0.2) is 0 Å². The van der Waals surface area contributed by atoms with Crippen LogP contribution in [0, 0.1) is 0 Å². The molecule has 2 fully saturated rings. The molecule has 1 saturated carbocycles. The Bertz CT molecular complexity index is 298. The maximum absolute atomic E-state index is 13.2. The van der Waals surface area contributed by atoms with E-state index in [9.17, 15) is 13.6 Å². The molecule has 2 amide bonds. The Kier molecular flexibility index (Phi) is 2.01. The molecule has 2 atom stereocenters. The number of nitrogens with zero attached hydrogens (tertiary/aromatic N) is 1. The van der Waals surface area contributed by atoms with Crippen LogP contribution in [-0.4, -0.2) is 34.5 Å². The fourth-order valence-electron chi connectivity index (χ4n) is 2.59. The lowest BCUT2D eigenvalue weighted by Crippen LogP contribution is -2.48. The Labute approximate surface area is 87.8 Å². The number of carbonyl (C=O) groups excluding carboxylic acids is 1. The van der Waals surface area contributed by atoms with Crippen molar-refractivity contribution in [1.29, 1.82) is 0 Å². The Morgan fingerprint density at radius 1 is 1.40 bits per heavy atom. The zero-order chi connectivity index (χ0) is 11.4. The summed E-state index contributed by atoms with van der Waals surface area (Å²) in [7, 11) is 0. The number of rotatable bonds is 0.